The van der Waals surface area contributed by atoms with E-state index in [1.54, 1.807) is 6.92 Å². The number of phosphoric ester groups is 1. The van der Waals surface area contributed by atoms with E-state index in [4.69, 9.17) is 28.0 Å². The summed E-state index contributed by atoms with van der Waals surface area (Å²) < 4.78 is 46.5. The molecule has 30 heavy (non-hydrogen) atoms. The molecule has 2 aliphatic rings. The topological polar surface area (TPSA) is 113 Å². The molecule has 0 aromatic carbocycles. The number of ether oxygens (including phenoxy) is 4. The van der Waals surface area contributed by atoms with Crippen LogP contribution in [0, 0.1) is 0 Å². The van der Waals surface area contributed by atoms with E-state index in [2.05, 4.69) is 6.58 Å². The lowest BCUT2D eigenvalue weighted by Crippen LogP contribution is -2.49. The van der Waals surface area contributed by atoms with Gasteiger partial charge < -0.3 is 28.6 Å². The van der Waals surface area contributed by atoms with Crippen molar-refractivity contribution in [3.05, 3.63) is 12.3 Å². The summed E-state index contributed by atoms with van der Waals surface area (Å²) in [6.45, 7) is 14.6. The standard InChI is InChI=1S/C20H37O9P/c1-12(2)24-11-20(10-21)18(9-15(6)27-20)29-30(22,23)28-16(7)19-17(25-13(3)4)8-14(5)26-19/h12-15,17-19,21H,7-11H2,1-6H3,(H,22,23)/t14-,15-,17+,18+,19+,20+/m0/s1. The Morgan fingerprint density at radius 1 is 1.20 bits per heavy atom. The van der Waals surface area contributed by atoms with Gasteiger partial charge in [0.25, 0.3) is 0 Å². The van der Waals surface area contributed by atoms with Gasteiger partial charge in [-0.1, -0.05) is 6.58 Å². The van der Waals surface area contributed by atoms with Crippen LogP contribution in [0.2, 0.25) is 0 Å². The Labute approximate surface area is 179 Å². The van der Waals surface area contributed by atoms with Gasteiger partial charge in [0, 0.05) is 12.8 Å². The molecule has 0 spiro atoms. The van der Waals surface area contributed by atoms with Crippen molar-refractivity contribution in [3.8, 4) is 0 Å². The van der Waals surface area contributed by atoms with Crippen molar-refractivity contribution in [3.63, 3.8) is 0 Å². The van der Waals surface area contributed by atoms with Gasteiger partial charge in [-0.25, -0.2) is 4.57 Å². The Morgan fingerprint density at radius 2 is 1.87 bits per heavy atom. The third kappa shape index (κ3) is 6.74. The van der Waals surface area contributed by atoms with Crippen LogP contribution in [0.3, 0.4) is 0 Å². The Balaban J connectivity index is 2.07. The summed E-state index contributed by atoms with van der Waals surface area (Å²) in [5.41, 5.74) is -1.26. The van der Waals surface area contributed by atoms with Crippen molar-refractivity contribution in [2.45, 2.75) is 103 Å². The van der Waals surface area contributed by atoms with Crippen LogP contribution in [0.15, 0.2) is 12.3 Å². The molecule has 0 aromatic rings. The SMILES string of the molecule is C=C(OP(=O)(O)O[C@@H]1C[C@H](C)O[C@]1(CO)COC(C)C)[C@H]1O[C@@H](C)C[C@H]1OC(C)C. The summed E-state index contributed by atoms with van der Waals surface area (Å²) in [6.07, 6.45) is -1.53. The Hall–Kier alpha value is -0.510. The first-order chi connectivity index (χ1) is 13.9. The van der Waals surface area contributed by atoms with Crippen molar-refractivity contribution < 1.29 is 42.6 Å². The maximum absolute atomic E-state index is 12.8. The minimum Gasteiger partial charge on any atom is -0.406 e. The largest absolute Gasteiger partial charge is 0.527 e. The average molecular weight is 452 g/mol. The van der Waals surface area contributed by atoms with Crippen LogP contribution in [-0.2, 0) is 32.6 Å². The number of phosphoric acid groups is 1. The van der Waals surface area contributed by atoms with Gasteiger partial charge in [-0.05, 0) is 41.5 Å². The highest BCUT2D eigenvalue weighted by Gasteiger charge is 2.52. The fourth-order valence-electron chi connectivity index (χ4n) is 3.79. The van der Waals surface area contributed by atoms with Gasteiger partial charge in [0.2, 0.25) is 0 Å². The van der Waals surface area contributed by atoms with E-state index >= 15 is 0 Å². The summed E-state index contributed by atoms with van der Waals surface area (Å²) >= 11 is 0. The summed E-state index contributed by atoms with van der Waals surface area (Å²) in [5, 5.41) is 9.97. The lowest BCUT2D eigenvalue weighted by Gasteiger charge is -2.33. The van der Waals surface area contributed by atoms with E-state index in [0.717, 1.165) is 0 Å². The fraction of sp³-hybridized carbons (Fsp3) is 0.900. The molecule has 2 fully saturated rings. The van der Waals surface area contributed by atoms with Crippen LogP contribution in [0.25, 0.3) is 0 Å². The van der Waals surface area contributed by atoms with Crippen molar-refractivity contribution in [1.29, 1.82) is 0 Å². The van der Waals surface area contributed by atoms with Crippen LogP contribution < -0.4 is 0 Å². The normalized spacial score (nSPS) is 36.4. The smallest absolute Gasteiger partial charge is 0.406 e. The first-order valence-electron chi connectivity index (χ1n) is 10.5. The first-order valence-corrected chi connectivity index (χ1v) is 12.0. The van der Waals surface area contributed by atoms with Crippen LogP contribution in [0.5, 0.6) is 0 Å². The molecule has 0 saturated carbocycles. The molecular weight excluding hydrogens is 415 g/mol. The monoisotopic (exact) mass is 452 g/mol. The van der Waals surface area contributed by atoms with Gasteiger partial charge in [-0.15, -0.1) is 0 Å². The highest BCUT2D eigenvalue weighted by molar-refractivity contribution is 7.47. The first kappa shape index (κ1) is 25.7. The predicted molar refractivity (Wildman–Crippen MR) is 110 cm³/mol. The number of aliphatic hydroxyl groups is 1. The van der Waals surface area contributed by atoms with E-state index in [-0.39, 0.29) is 42.9 Å². The lowest BCUT2D eigenvalue weighted by atomic mass is 9.98. The molecule has 2 saturated heterocycles. The molecule has 0 aromatic heterocycles. The highest BCUT2D eigenvalue weighted by atomic mass is 31.2. The third-order valence-electron chi connectivity index (χ3n) is 5.04. The molecule has 0 radical (unpaired) electrons. The number of hydrogen-bond donors (Lipinski definition) is 2. The van der Waals surface area contributed by atoms with Crippen molar-refractivity contribution in [2.24, 2.45) is 0 Å². The van der Waals surface area contributed by atoms with Crippen LogP contribution in [0.4, 0.5) is 0 Å². The summed E-state index contributed by atoms with van der Waals surface area (Å²) in [4.78, 5) is 10.4. The van der Waals surface area contributed by atoms with Gasteiger partial charge in [-0.3, -0.25) is 9.42 Å². The van der Waals surface area contributed by atoms with Gasteiger partial charge in [-0.2, -0.15) is 0 Å². The molecule has 2 heterocycles. The van der Waals surface area contributed by atoms with Gasteiger partial charge in [0.05, 0.1) is 43.7 Å². The zero-order chi connectivity index (χ0) is 22.7. The highest BCUT2D eigenvalue weighted by Crippen LogP contribution is 2.52. The minimum absolute atomic E-state index is 0.0185. The van der Waals surface area contributed by atoms with E-state index in [9.17, 15) is 14.6 Å². The molecular formula is C20H37O9P. The molecule has 0 bridgehead atoms. The summed E-state index contributed by atoms with van der Waals surface area (Å²) in [7, 11) is -4.58. The van der Waals surface area contributed by atoms with Crippen molar-refractivity contribution >= 4 is 7.82 Å². The Bertz CT molecular complexity index is 625. The Morgan fingerprint density at radius 3 is 2.43 bits per heavy atom. The second-order valence-corrected chi connectivity index (χ2v) is 10.0. The van der Waals surface area contributed by atoms with Gasteiger partial charge in [0.1, 0.15) is 23.6 Å². The molecule has 2 N–H and O–H groups in total. The summed E-state index contributed by atoms with van der Waals surface area (Å²) in [6, 6.07) is 0. The van der Waals surface area contributed by atoms with E-state index in [0.29, 0.717) is 12.8 Å². The van der Waals surface area contributed by atoms with Gasteiger partial charge in [0.15, 0.2) is 0 Å². The molecule has 0 amide bonds. The second kappa shape index (κ2) is 10.4. The molecule has 1 unspecified atom stereocenters. The zero-order valence-corrected chi connectivity index (χ0v) is 19.7. The van der Waals surface area contributed by atoms with Crippen LogP contribution >= 0.6 is 7.82 Å². The quantitative estimate of drug-likeness (QED) is 0.361. The molecule has 2 rings (SSSR count). The predicted octanol–water partition coefficient (Wildman–Crippen LogP) is 2.94. The molecule has 10 heteroatoms. The van der Waals surface area contributed by atoms with Crippen molar-refractivity contribution in [2.75, 3.05) is 13.2 Å². The van der Waals surface area contributed by atoms with E-state index < -0.39 is 32.2 Å². The maximum atomic E-state index is 12.8. The number of hydrogen-bond acceptors (Lipinski definition) is 8. The number of aliphatic hydroxyl groups excluding tert-OH is 1. The third-order valence-corrected chi connectivity index (χ3v) is 6.02. The fourth-order valence-corrected chi connectivity index (χ4v) is 4.83. The lowest BCUT2D eigenvalue weighted by molar-refractivity contribution is -0.151. The average Bonchev–Trinajstić information content (AvgIpc) is 3.11. The minimum atomic E-state index is -4.58. The van der Waals surface area contributed by atoms with Crippen LogP contribution in [0.1, 0.15) is 54.4 Å². The zero-order valence-electron chi connectivity index (χ0n) is 18.8. The van der Waals surface area contributed by atoms with Crippen LogP contribution in [-0.4, -0.2) is 71.5 Å². The molecule has 7 atom stereocenters. The maximum Gasteiger partial charge on any atom is 0.527 e. The Kier molecular flexibility index (Phi) is 8.93. The second-order valence-electron chi connectivity index (χ2n) is 8.69. The van der Waals surface area contributed by atoms with Gasteiger partial charge >= 0.3 is 7.82 Å². The van der Waals surface area contributed by atoms with E-state index in [1.165, 1.54) is 0 Å². The van der Waals surface area contributed by atoms with E-state index in [1.807, 2.05) is 34.6 Å². The summed E-state index contributed by atoms with van der Waals surface area (Å²) in [5.74, 6) is -0.0316. The molecule has 176 valence electrons. The molecule has 9 nitrogen and oxygen atoms in total. The molecule has 2 aliphatic heterocycles. The number of rotatable bonds is 11. The van der Waals surface area contributed by atoms with Crippen molar-refractivity contribution in [1.82, 2.24) is 0 Å². The molecule has 0 aliphatic carbocycles.